The molecule has 5 nitrogen and oxygen atoms in total. The topological polar surface area (TPSA) is 94.8 Å². The number of benzene rings is 1. The minimum absolute atomic E-state index is 0.199. The summed E-state index contributed by atoms with van der Waals surface area (Å²) in [6.07, 6.45) is 15.2. The summed E-state index contributed by atoms with van der Waals surface area (Å²) in [6, 6.07) is 0.996. The Hall–Kier alpha value is -2.04. The summed E-state index contributed by atoms with van der Waals surface area (Å²) in [5.74, 6) is -2.33. The molecule has 1 rings (SSSR count). The molecule has 1 aromatic rings. The minimum Gasteiger partial charge on any atom is -0.507 e. The van der Waals surface area contributed by atoms with Crippen LogP contribution in [-0.4, -0.2) is 26.9 Å². The second kappa shape index (κ2) is 15.7. The lowest BCUT2D eigenvalue weighted by Crippen LogP contribution is -2.06. The van der Waals surface area contributed by atoms with Gasteiger partial charge in [-0.3, -0.25) is 9.59 Å². The van der Waals surface area contributed by atoms with Crippen molar-refractivity contribution in [3.8, 4) is 17.2 Å². The van der Waals surface area contributed by atoms with Crippen molar-refractivity contribution < 1.29 is 24.9 Å². The van der Waals surface area contributed by atoms with Crippen LogP contribution >= 0.6 is 0 Å². The quantitative estimate of drug-likeness (QED) is 0.165. The molecule has 0 radical (unpaired) electrons. The van der Waals surface area contributed by atoms with Gasteiger partial charge in [0.15, 0.2) is 11.6 Å². The fraction of sp³-hybridized carbons (Fsp3) is 0.692. The number of phenols is 3. The van der Waals surface area contributed by atoms with Gasteiger partial charge in [0.2, 0.25) is 0 Å². The Bertz CT molecular complexity index is 627. The summed E-state index contributed by atoms with van der Waals surface area (Å²) in [4.78, 5) is 25.2. The minimum atomic E-state index is -0.585. The second-order valence-corrected chi connectivity index (χ2v) is 8.60. The van der Waals surface area contributed by atoms with Gasteiger partial charge in [0.1, 0.15) is 28.4 Å². The Morgan fingerprint density at radius 1 is 0.581 bits per heavy atom. The molecule has 0 bridgehead atoms. The lowest BCUT2D eigenvalue weighted by molar-refractivity contribution is 0.0971. The molecule has 0 aliphatic rings. The van der Waals surface area contributed by atoms with Gasteiger partial charge in [-0.15, -0.1) is 0 Å². The van der Waals surface area contributed by atoms with Crippen LogP contribution in [0.3, 0.4) is 0 Å². The SMILES string of the molecule is CCCCCCCCCC(=O)c1c(O)cc(O)c(C(=O)CCCCCCCCC)c1O. The number of carbonyl (C=O) groups is 2. The largest absolute Gasteiger partial charge is 0.507 e. The summed E-state index contributed by atoms with van der Waals surface area (Å²) >= 11 is 0. The number of phenolic OH excluding ortho intramolecular Hbond substituents is 3. The standard InChI is InChI=1S/C26H42O5/c1-3-5-7-9-11-13-15-17-20(27)24-22(29)19-23(30)25(26(24)31)21(28)18-16-14-12-10-8-6-4-2/h19,29-31H,3-18H2,1-2H3. The third kappa shape index (κ3) is 9.75. The number of Topliss-reactive ketones (excluding diaryl/α,β-unsaturated/α-hetero) is 2. The first kappa shape index (κ1) is 27.0. The zero-order valence-corrected chi connectivity index (χ0v) is 19.5. The Labute approximate surface area is 187 Å². The summed E-state index contributed by atoms with van der Waals surface area (Å²) in [6.45, 7) is 4.34. The van der Waals surface area contributed by atoms with Gasteiger partial charge in [-0.2, -0.15) is 0 Å². The number of ketones is 2. The summed E-state index contributed by atoms with van der Waals surface area (Å²) < 4.78 is 0. The van der Waals surface area contributed by atoms with E-state index < -0.39 is 28.8 Å². The van der Waals surface area contributed by atoms with E-state index in [0.29, 0.717) is 12.8 Å². The van der Waals surface area contributed by atoms with E-state index in [1.165, 1.54) is 38.5 Å². The van der Waals surface area contributed by atoms with E-state index in [1.54, 1.807) is 0 Å². The summed E-state index contributed by atoms with van der Waals surface area (Å²) in [5.41, 5.74) is -0.488. The molecular formula is C26H42O5. The molecule has 3 N–H and O–H groups in total. The van der Waals surface area contributed by atoms with Crippen molar-refractivity contribution in [2.24, 2.45) is 0 Å². The van der Waals surface area contributed by atoms with Crippen LogP contribution in [0, 0.1) is 0 Å². The molecule has 0 atom stereocenters. The molecule has 0 heterocycles. The predicted octanol–water partition coefficient (Wildman–Crippen LogP) is 7.45. The van der Waals surface area contributed by atoms with E-state index in [4.69, 9.17) is 0 Å². The van der Waals surface area contributed by atoms with Crippen LogP contribution in [0.1, 0.15) is 137 Å². The van der Waals surface area contributed by atoms with E-state index >= 15 is 0 Å². The summed E-state index contributed by atoms with van der Waals surface area (Å²) in [5, 5.41) is 30.8. The van der Waals surface area contributed by atoms with Crippen LogP contribution in [0.4, 0.5) is 0 Å². The molecule has 0 fully saturated rings. The number of aromatic hydroxyl groups is 3. The van der Waals surface area contributed by atoms with E-state index in [9.17, 15) is 24.9 Å². The molecule has 0 aliphatic carbocycles. The third-order valence-corrected chi connectivity index (χ3v) is 5.83. The zero-order chi connectivity index (χ0) is 23.1. The van der Waals surface area contributed by atoms with Gasteiger partial charge in [-0.05, 0) is 12.8 Å². The molecule has 0 saturated heterocycles. The van der Waals surface area contributed by atoms with Crippen LogP contribution in [0.2, 0.25) is 0 Å². The number of hydrogen-bond donors (Lipinski definition) is 3. The van der Waals surface area contributed by atoms with Crippen molar-refractivity contribution in [3.05, 3.63) is 17.2 Å². The highest BCUT2D eigenvalue weighted by Crippen LogP contribution is 2.39. The first-order chi connectivity index (χ1) is 14.9. The van der Waals surface area contributed by atoms with Crippen LogP contribution in [0.15, 0.2) is 6.07 Å². The maximum atomic E-state index is 12.6. The van der Waals surface area contributed by atoms with Crippen molar-refractivity contribution >= 4 is 11.6 Å². The first-order valence-electron chi connectivity index (χ1n) is 12.3. The van der Waals surface area contributed by atoms with Crippen molar-refractivity contribution in [2.45, 2.75) is 117 Å². The summed E-state index contributed by atoms with van der Waals surface area (Å²) in [7, 11) is 0. The van der Waals surface area contributed by atoms with Crippen LogP contribution in [0.25, 0.3) is 0 Å². The fourth-order valence-electron chi connectivity index (χ4n) is 3.93. The normalized spacial score (nSPS) is 11.0. The van der Waals surface area contributed by atoms with Gasteiger partial charge in [0.25, 0.3) is 0 Å². The molecule has 176 valence electrons. The highest BCUT2D eigenvalue weighted by Gasteiger charge is 2.26. The molecular weight excluding hydrogens is 392 g/mol. The third-order valence-electron chi connectivity index (χ3n) is 5.83. The fourth-order valence-corrected chi connectivity index (χ4v) is 3.93. The molecule has 0 aromatic heterocycles. The van der Waals surface area contributed by atoms with E-state index in [2.05, 4.69) is 13.8 Å². The monoisotopic (exact) mass is 434 g/mol. The van der Waals surface area contributed by atoms with E-state index in [0.717, 1.165) is 44.6 Å². The molecule has 0 spiro atoms. The second-order valence-electron chi connectivity index (χ2n) is 8.60. The molecule has 0 amide bonds. The maximum absolute atomic E-state index is 12.6. The maximum Gasteiger partial charge on any atom is 0.170 e. The van der Waals surface area contributed by atoms with Crippen LogP contribution in [0.5, 0.6) is 17.2 Å². The molecule has 31 heavy (non-hydrogen) atoms. The number of hydrogen-bond acceptors (Lipinski definition) is 5. The number of carbonyl (C=O) groups excluding carboxylic acids is 2. The van der Waals surface area contributed by atoms with Crippen molar-refractivity contribution in [2.75, 3.05) is 0 Å². The highest BCUT2D eigenvalue weighted by molar-refractivity contribution is 6.08. The lowest BCUT2D eigenvalue weighted by Gasteiger charge is -2.12. The van der Waals surface area contributed by atoms with Crippen molar-refractivity contribution in [3.63, 3.8) is 0 Å². The van der Waals surface area contributed by atoms with Crippen LogP contribution < -0.4 is 0 Å². The molecule has 0 saturated carbocycles. The van der Waals surface area contributed by atoms with Gasteiger partial charge >= 0.3 is 0 Å². The van der Waals surface area contributed by atoms with Gasteiger partial charge in [0.05, 0.1) is 0 Å². The Kier molecular flexibility index (Phi) is 13.7. The average Bonchev–Trinajstić information content (AvgIpc) is 2.72. The van der Waals surface area contributed by atoms with Gasteiger partial charge in [-0.1, -0.05) is 90.9 Å². The molecule has 5 heteroatoms. The first-order valence-corrected chi connectivity index (χ1v) is 12.3. The number of unbranched alkanes of at least 4 members (excludes halogenated alkanes) is 12. The van der Waals surface area contributed by atoms with E-state index in [-0.39, 0.29) is 24.0 Å². The Morgan fingerprint density at radius 2 is 0.903 bits per heavy atom. The molecule has 0 aliphatic heterocycles. The lowest BCUT2D eigenvalue weighted by atomic mass is 9.95. The smallest absolute Gasteiger partial charge is 0.170 e. The Morgan fingerprint density at radius 3 is 1.26 bits per heavy atom. The number of rotatable bonds is 18. The van der Waals surface area contributed by atoms with Crippen LogP contribution in [-0.2, 0) is 0 Å². The Balaban J connectivity index is 2.62. The average molecular weight is 435 g/mol. The predicted molar refractivity (Wildman–Crippen MR) is 125 cm³/mol. The molecule has 0 unspecified atom stereocenters. The van der Waals surface area contributed by atoms with Crippen molar-refractivity contribution in [1.29, 1.82) is 0 Å². The highest BCUT2D eigenvalue weighted by atomic mass is 16.3. The zero-order valence-electron chi connectivity index (χ0n) is 19.5. The van der Waals surface area contributed by atoms with Gasteiger partial charge in [0, 0.05) is 18.9 Å². The van der Waals surface area contributed by atoms with E-state index in [1.807, 2.05) is 0 Å². The van der Waals surface area contributed by atoms with Gasteiger partial charge < -0.3 is 15.3 Å². The van der Waals surface area contributed by atoms with Crippen molar-refractivity contribution in [1.82, 2.24) is 0 Å². The van der Waals surface area contributed by atoms with Gasteiger partial charge in [-0.25, -0.2) is 0 Å². The molecule has 1 aromatic carbocycles.